The van der Waals surface area contributed by atoms with Crippen molar-refractivity contribution in [1.29, 1.82) is 0 Å². The van der Waals surface area contributed by atoms with Gasteiger partial charge < -0.3 is 5.32 Å². The largest absolute Gasteiger partial charge is 0.453 e. The molecule has 0 unspecified atom stereocenters. The molecule has 0 fully saturated rings. The first kappa shape index (κ1) is 20.7. The van der Waals surface area contributed by atoms with Gasteiger partial charge in [-0.3, -0.25) is 4.79 Å². The summed E-state index contributed by atoms with van der Waals surface area (Å²) in [5.74, 6) is -1.92. The number of hydrogen-bond donors (Lipinski definition) is 1. The second-order valence-electron chi connectivity index (χ2n) is 6.64. The molecule has 0 aliphatic heterocycles. The van der Waals surface area contributed by atoms with Crippen molar-refractivity contribution < 1.29 is 22.4 Å². The number of carbonyl (C=O) groups is 1. The number of fused-ring (bicyclic) bond motifs is 1. The second-order valence-corrected chi connectivity index (χ2v) is 6.64. The number of nitrogens with zero attached hydrogens (tertiary/aromatic N) is 4. The zero-order chi connectivity index (χ0) is 21.2. The van der Waals surface area contributed by atoms with Crippen LogP contribution in [0.5, 0.6) is 0 Å². The topological polar surface area (TPSA) is 72.2 Å². The van der Waals surface area contributed by atoms with Crippen molar-refractivity contribution in [3.63, 3.8) is 0 Å². The summed E-state index contributed by atoms with van der Waals surface area (Å²) in [6, 6.07) is 6.14. The number of carbonyl (C=O) groups excluding carboxylic acids is 1. The number of hydrogen-bond acceptors (Lipinski definition) is 4. The molecule has 154 valence electrons. The van der Waals surface area contributed by atoms with E-state index in [4.69, 9.17) is 0 Å². The summed E-state index contributed by atoms with van der Waals surface area (Å²) >= 11 is 0. The number of amides is 1. The number of alkyl halides is 3. The predicted molar refractivity (Wildman–Crippen MR) is 96.7 cm³/mol. The second kappa shape index (κ2) is 8.14. The van der Waals surface area contributed by atoms with Crippen LogP contribution in [0.3, 0.4) is 0 Å². The Morgan fingerprint density at radius 3 is 2.62 bits per heavy atom. The molecule has 0 atom stereocenters. The number of halogens is 4. The third-order valence-corrected chi connectivity index (χ3v) is 4.53. The molecule has 0 bridgehead atoms. The maximum Gasteiger partial charge on any atom is 0.453 e. The number of aromatic nitrogens is 4. The minimum Gasteiger partial charge on any atom is -0.356 e. The monoisotopic (exact) mass is 409 g/mol. The zero-order valence-electron chi connectivity index (χ0n) is 15.8. The van der Waals surface area contributed by atoms with Crippen molar-refractivity contribution in [2.75, 3.05) is 6.54 Å². The van der Waals surface area contributed by atoms with E-state index >= 15 is 0 Å². The molecule has 0 aliphatic rings. The molecule has 0 radical (unpaired) electrons. The van der Waals surface area contributed by atoms with Gasteiger partial charge in [-0.05, 0) is 49.9 Å². The first-order valence-corrected chi connectivity index (χ1v) is 8.96. The maximum absolute atomic E-state index is 13.1. The molecule has 0 saturated carbocycles. The smallest absolute Gasteiger partial charge is 0.356 e. The van der Waals surface area contributed by atoms with E-state index in [1.807, 2.05) is 0 Å². The summed E-state index contributed by atoms with van der Waals surface area (Å²) in [4.78, 5) is 19.6. The van der Waals surface area contributed by atoms with Crippen LogP contribution in [0, 0.1) is 19.7 Å². The highest BCUT2D eigenvalue weighted by atomic mass is 19.4. The van der Waals surface area contributed by atoms with Gasteiger partial charge in [0.15, 0.2) is 0 Å². The van der Waals surface area contributed by atoms with Crippen LogP contribution in [-0.2, 0) is 23.8 Å². The number of rotatable bonds is 6. The van der Waals surface area contributed by atoms with Crippen molar-refractivity contribution >= 4 is 11.7 Å². The van der Waals surface area contributed by atoms with Gasteiger partial charge in [0.05, 0.1) is 0 Å². The molecular weight excluding hydrogens is 390 g/mol. The molecule has 3 rings (SSSR count). The Labute approximate surface area is 164 Å². The van der Waals surface area contributed by atoms with E-state index in [1.54, 1.807) is 26.0 Å². The lowest BCUT2D eigenvalue weighted by atomic mass is 10.1. The van der Waals surface area contributed by atoms with E-state index < -0.39 is 12.0 Å². The minimum absolute atomic E-state index is 0.129. The van der Waals surface area contributed by atoms with Crippen molar-refractivity contribution in [3.8, 4) is 0 Å². The summed E-state index contributed by atoms with van der Waals surface area (Å²) < 4.78 is 52.7. The van der Waals surface area contributed by atoms with Crippen LogP contribution in [0.4, 0.5) is 17.6 Å². The highest BCUT2D eigenvalue weighted by Gasteiger charge is 2.36. The molecule has 0 saturated heterocycles. The summed E-state index contributed by atoms with van der Waals surface area (Å²) in [5, 5.41) is 6.25. The minimum atomic E-state index is -4.66. The average molecular weight is 409 g/mol. The van der Waals surface area contributed by atoms with E-state index in [0.717, 1.165) is 10.1 Å². The Bertz CT molecular complexity index is 1040. The van der Waals surface area contributed by atoms with Crippen molar-refractivity contribution in [1.82, 2.24) is 24.9 Å². The Hall–Kier alpha value is -3.04. The van der Waals surface area contributed by atoms with Gasteiger partial charge in [0.1, 0.15) is 5.82 Å². The van der Waals surface area contributed by atoms with E-state index in [9.17, 15) is 22.4 Å². The third-order valence-electron chi connectivity index (χ3n) is 4.53. The first-order valence-electron chi connectivity index (χ1n) is 8.96. The number of nitrogens with one attached hydrogen (secondary N) is 1. The van der Waals surface area contributed by atoms with Crippen molar-refractivity contribution in [2.24, 2.45) is 0 Å². The normalized spacial score (nSPS) is 11.8. The highest BCUT2D eigenvalue weighted by Crippen LogP contribution is 2.27. The van der Waals surface area contributed by atoms with Gasteiger partial charge in [0.2, 0.25) is 5.91 Å². The highest BCUT2D eigenvalue weighted by molar-refractivity contribution is 5.76. The summed E-state index contributed by atoms with van der Waals surface area (Å²) in [6.07, 6.45) is -3.73. The average Bonchev–Trinajstić information content (AvgIpc) is 3.06. The van der Waals surface area contributed by atoms with Crippen LogP contribution in [0.15, 0.2) is 24.3 Å². The van der Waals surface area contributed by atoms with Gasteiger partial charge in [-0.2, -0.15) is 18.2 Å². The molecule has 2 heterocycles. The van der Waals surface area contributed by atoms with Gasteiger partial charge in [0, 0.05) is 24.4 Å². The van der Waals surface area contributed by atoms with Crippen LogP contribution in [-0.4, -0.2) is 32.0 Å². The molecule has 3 aromatic rings. The molecule has 10 heteroatoms. The fourth-order valence-corrected chi connectivity index (χ4v) is 3.06. The number of aryl methyl sites for hydroxylation is 2. The molecule has 0 spiro atoms. The molecule has 6 nitrogen and oxygen atoms in total. The summed E-state index contributed by atoms with van der Waals surface area (Å²) in [7, 11) is 0. The first-order chi connectivity index (χ1) is 13.6. The Kier molecular flexibility index (Phi) is 5.81. The van der Waals surface area contributed by atoms with Gasteiger partial charge in [-0.15, -0.1) is 5.10 Å². The Morgan fingerprint density at radius 1 is 1.17 bits per heavy atom. The fraction of sp³-hybridized carbons (Fsp3) is 0.368. The summed E-state index contributed by atoms with van der Waals surface area (Å²) in [6.45, 7) is 3.63. The molecule has 2 aromatic heterocycles. The molecule has 29 heavy (non-hydrogen) atoms. The maximum atomic E-state index is 13.1. The molecule has 0 aliphatic carbocycles. The van der Waals surface area contributed by atoms with Crippen LogP contribution in [0.1, 0.15) is 34.8 Å². The van der Waals surface area contributed by atoms with Crippen molar-refractivity contribution in [2.45, 2.75) is 39.3 Å². The lowest BCUT2D eigenvalue weighted by molar-refractivity contribution is -0.144. The van der Waals surface area contributed by atoms with Crippen LogP contribution in [0.2, 0.25) is 0 Å². The molecule has 1 amide bonds. The Balaban J connectivity index is 1.63. The van der Waals surface area contributed by atoms with Gasteiger partial charge >= 0.3 is 6.18 Å². The third kappa shape index (κ3) is 4.87. The standard InChI is InChI=1S/C19H19F4N5O/c1-11-15(12(2)28-18(25-11)26-17(27-28)19(21,22)23)6-7-16(29)24-9-8-13-4-3-5-14(20)10-13/h3-5,10H,6-9H2,1-2H3,(H,24,29). The SMILES string of the molecule is Cc1nc2nc(C(F)(F)F)nn2c(C)c1CCC(=O)NCCc1cccc(F)c1. The van der Waals surface area contributed by atoms with Gasteiger partial charge in [0.25, 0.3) is 11.6 Å². The Morgan fingerprint density at radius 2 is 1.93 bits per heavy atom. The van der Waals surface area contributed by atoms with Crippen LogP contribution in [0.25, 0.3) is 5.78 Å². The van der Waals surface area contributed by atoms with E-state index in [2.05, 4.69) is 20.4 Å². The quantitative estimate of drug-likeness (QED) is 0.635. The van der Waals surface area contributed by atoms with Gasteiger partial charge in [-0.1, -0.05) is 12.1 Å². The number of benzene rings is 1. The molecule has 1 N–H and O–H groups in total. The summed E-state index contributed by atoms with van der Waals surface area (Å²) in [5.41, 5.74) is 2.39. The predicted octanol–water partition coefficient (Wildman–Crippen LogP) is 3.19. The molecular formula is C19H19F4N5O. The van der Waals surface area contributed by atoms with Crippen molar-refractivity contribution in [3.05, 3.63) is 58.4 Å². The van der Waals surface area contributed by atoms with E-state index in [-0.39, 0.29) is 23.9 Å². The van der Waals surface area contributed by atoms with E-state index in [1.165, 1.54) is 12.1 Å². The fourth-order valence-electron chi connectivity index (χ4n) is 3.06. The lowest BCUT2D eigenvalue weighted by Crippen LogP contribution is -2.26. The van der Waals surface area contributed by atoms with Crippen LogP contribution >= 0.6 is 0 Å². The van der Waals surface area contributed by atoms with Crippen LogP contribution < -0.4 is 5.32 Å². The molecule has 1 aromatic carbocycles. The van der Waals surface area contributed by atoms with Gasteiger partial charge in [-0.25, -0.2) is 13.9 Å². The lowest BCUT2D eigenvalue weighted by Gasteiger charge is -2.10. The van der Waals surface area contributed by atoms with E-state index in [0.29, 0.717) is 36.3 Å². The zero-order valence-corrected chi connectivity index (χ0v) is 15.8.